The fourth-order valence-electron chi connectivity index (χ4n) is 5.04. The molecule has 2 aliphatic rings. The van der Waals surface area contributed by atoms with Gasteiger partial charge in [-0.25, -0.2) is 19.9 Å². The molecule has 2 heterocycles. The van der Waals surface area contributed by atoms with Crippen LogP contribution in [0.4, 0.5) is 17.6 Å². The second kappa shape index (κ2) is 7.55. The predicted octanol–water partition coefficient (Wildman–Crippen LogP) is 4.87. The Morgan fingerprint density at radius 1 is 0.781 bits per heavy atom. The van der Waals surface area contributed by atoms with Crippen LogP contribution >= 0.6 is 0 Å². The van der Waals surface area contributed by atoms with Gasteiger partial charge in [-0.05, 0) is 72.4 Å². The summed E-state index contributed by atoms with van der Waals surface area (Å²) in [6, 6.07) is 8.68. The van der Waals surface area contributed by atoms with Gasteiger partial charge < -0.3 is 10.2 Å². The van der Waals surface area contributed by atoms with Crippen molar-refractivity contribution in [3.8, 4) is 11.1 Å². The normalized spacial score (nSPS) is 14.4. The van der Waals surface area contributed by atoms with Gasteiger partial charge in [0.15, 0.2) is 0 Å². The van der Waals surface area contributed by atoms with Gasteiger partial charge in [0.25, 0.3) is 0 Å². The van der Waals surface area contributed by atoms with Gasteiger partial charge in [0.05, 0.1) is 5.52 Å². The molecule has 0 fully saturated rings. The summed E-state index contributed by atoms with van der Waals surface area (Å²) in [5, 5.41) is 4.65. The number of rotatable bonds is 4. The molecule has 1 N–H and O–H groups in total. The molecule has 0 amide bonds. The maximum atomic E-state index is 4.88. The molecular weight excluding hydrogens is 396 g/mol. The highest BCUT2D eigenvalue weighted by Crippen LogP contribution is 2.39. The van der Waals surface area contributed by atoms with Crippen molar-refractivity contribution in [2.45, 2.75) is 38.5 Å². The van der Waals surface area contributed by atoms with Crippen LogP contribution in [-0.4, -0.2) is 34.0 Å². The molecule has 6 heteroatoms. The summed E-state index contributed by atoms with van der Waals surface area (Å²) in [5.74, 6) is 1.37. The number of aromatic nitrogens is 4. The van der Waals surface area contributed by atoms with Gasteiger partial charge in [0.1, 0.15) is 0 Å². The molecule has 0 radical (unpaired) electrons. The Balaban J connectivity index is 1.37. The first-order valence-corrected chi connectivity index (χ1v) is 11.4. The standard InChI is InChI=1S/C26H26N6/c1-32(2)26-28-14-20(15-29-26)16-9-10-19-13-27-25(30-23(19)12-16)31-24-21-7-3-5-17(21)11-18-6-4-8-22(18)24/h9-15H,3-8H2,1-2H3,(H,27,30,31). The minimum atomic E-state index is 0.670. The van der Waals surface area contributed by atoms with Gasteiger partial charge in [-0.1, -0.05) is 18.2 Å². The molecule has 0 bridgehead atoms. The smallest absolute Gasteiger partial charge is 0.227 e. The van der Waals surface area contributed by atoms with Crippen LogP contribution in [0.1, 0.15) is 35.1 Å². The van der Waals surface area contributed by atoms with Crippen molar-refractivity contribution in [2.24, 2.45) is 0 Å². The molecule has 32 heavy (non-hydrogen) atoms. The summed E-state index contributed by atoms with van der Waals surface area (Å²) >= 11 is 0. The van der Waals surface area contributed by atoms with E-state index in [1.165, 1.54) is 53.6 Å². The summed E-state index contributed by atoms with van der Waals surface area (Å²) in [5.41, 5.74) is 10.2. The molecule has 2 aliphatic carbocycles. The Kier molecular flexibility index (Phi) is 4.52. The largest absolute Gasteiger partial charge is 0.347 e. The SMILES string of the molecule is CN(C)c1ncc(-c2ccc3cnc(Nc4c5c(cc6c4CCC6)CCC5)nc3c2)cn1. The van der Waals surface area contributed by atoms with Crippen LogP contribution in [-0.2, 0) is 25.7 Å². The summed E-state index contributed by atoms with van der Waals surface area (Å²) in [4.78, 5) is 20.3. The number of hydrogen-bond acceptors (Lipinski definition) is 6. The minimum absolute atomic E-state index is 0.670. The highest BCUT2D eigenvalue weighted by molar-refractivity contribution is 5.84. The molecule has 0 unspecified atom stereocenters. The van der Waals surface area contributed by atoms with E-state index in [0.717, 1.165) is 34.9 Å². The van der Waals surface area contributed by atoms with Crippen LogP contribution in [0, 0.1) is 0 Å². The van der Waals surface area contributed by atoms with Crippen molar-refractivity contribution in [1.82, 2.24) is 19.9 Å². The van der Waals surface area contributed by atoms with Crippen LogP contribution in [0.3, 0.4) is 0 Å². The van der Waals surface area contributed by atoms with Crippen molar-refractivity contribution in [3.05, 3.63) is 65.1 Å². The zero-order chi connectivity index (χ0) is 21.7. The molecule has 0 aliphatic heterocycles. The Bertz CT molecular complexity index is 1290. The number of anilines is 3. The van der Waals surface area contributed by atoms with Crippen LogP contribution in [0.5, 0.6) is 0 Å². The second-order valence-electron chi connectivity index (χ2n) is 8.99. The maximum Gasteiger partial charge on any atom is 0.227 e. The van der Waals surface area contributed by atoms with Gasteiger partial charge in [-0.3, -0.25) is 0 Å². The first-order valence-electron chi connectivity index (χ1n) is 11.4. The van der Waals surface area contributed by atoms with Crippen molar-refractivity contribution in [1.29, 1.82) is 0 Å². The van der Waals surface area contributed by atoms with Crippen molar-refractivity contribution >= 4 is 28.5 Å². The van der Waals surface area contributed by atoms with Gasteiger partial charge >= 0.3 is 0 Å². The fraction of sp³-hybridized carbons (Fsp3) is 0.308. The van der Waals surface area contributed by atoms with E-state index in [-0.39, 0.29) is 0 Å². The third kappa shape index (κ3) is 3.27. The number of nitrogens with one attached hydrogen (secondary N) is 1. The molecule has 0 atom stereocenters. The van der Waals surface area contributed by atoms with E-state index in [9.17, 15) is 0 Å². The molecule has 2 aromatic carbocycles. The van der Waals surface area contributed by atoms with Crippen LogP contribution < -0.4 is 10.2 Å². The Hall–Kier alpha value is -3.54. The van der Waals surface area contributed by atoms with E-state index < -0.39 is 0 Å². The predicted molar refractivity (Wildman–Crippen MR) is 129 cm³/mol. The molecule has 6 rings (SSSR count). The Morgan fingerprint density at radius 3 is 2.19 bits per heavy atom. The topological polar surface area (TPSA) is 66.8 Å². The lowest BCUT2D eigenvalue weighted by atomic mass is 9.99. The summed E-state index contributed by atoms with van der Waals surface area (Å²) in [6.07, 6.45) is 12.8. The lowest BCUT2D eigenvalue weighted by Gasteiger charge is -2.16. The molecule has 2 aromatic heterocycles. The monoisotopic (exact) mass is 422 g/mol. The van der Waals surface area contributed by atoms with E-state index in [0.29, 0.717) is 11.9 Å². The van der Waals surface area contributed by atoms with Crippen molar-refractivity contribution < 1.29 is 0 Å². The Morgan fingerprint density at radius 2 is 1.50 bits per heavy atom. The zero-order valence-electron chi connectivity index (χ0n) is 18.5. The molecular formula is C26H26N6. The highest BCUT2D eigenvalue weighted by Gasteiger charge is 2.24. The van der Waals surface area contributed by atoms with E-state index in [2.05, 4.69) is 44.5 Å². The fourth-order valence-corrected chi connectivity index (χ4v) is 5.04. The number of aryl methyl sites for hydroxylation is 2. The van der Waals surface area contributed by atoms with E-state index in [1.54, 1.807) is 0 Å². The molecule has 0 saturated carbocycles. The van der Waals surface area contributed by atoms with E-state index >= 15 is 0 Å². The molecule has 0 spiro atoms. The first-order chi connectivity index (χ1) is 15.7. The van der Waals surface area contributed by atoms with Crippen LogP contribution in [0.2, 0.25) is 0 Å². The summed E-state index contributed by atoms with van der Waals surface area (Å²) < 4.78 is 0. The number of fused-ring (bicyclic) bond motifs is 3. The van der Waals surface area contributed by atoms with Crippen molar-refractivity contribution in [3.63, 3.8) is 0 Å². The van der Waals surface area contributed by atoms with Gasteiger partial charge in [-0.2, -0.15) is 0 Å². The molecule has 6 nitrogen and oxygen atoms in total. The van der Waals surface area contributed by atoms with E-state index in [4.69, 9.17) is 4.98 Å². The lowest BCUT2D eigenvalue weighted by molar-refractivity contribution is 0.898. The maximum absolute atomic E-state index is 4.88. The van der Waals surface area contributed by atoms with Gasteiger partial charge in [0, 0.05) is 49.3 Å². The summed E-state index contributed by atoms with van der Waals surface area (Å²) in [6.45, 7) is 0. The first kappa shape index (κ1) is 19.2. The van der Waals surface area contributed by atoms with Crippen molar-refractivity contribution in [2.75, 3.05) is 24.3 Å². The molecule has 160 valence electrons. The number of nitrogens with zero attached hydrogens (tertiary/aromatic N) is 5. The lowest BCUT2D eigenvalue weighted by Crippen LogP contribution is -2.12. The van der Waals surface area contributed by atoms with Gasteiger partial charge in [-0.15, -0.1) is 0 Å². The third-order valence-corrected chi connectivity index (χ3v) is 6.66. The quantitative estimate of drug-likeness (QED) is 0.506. The third-order valence-electron chi connectivity index (χ3n) is 6.66. The average Bonchev–Trinajstić information content (AvgIpc) is 3.48. The Labute approximate surface area is 187 Å². The van der Waals surface area contributed by atoms with Crippen LogP contribution in [0.15, 0.2) is 42.9 Å². The highest BCUT2D eigenvalue weighted by atomic mass is 15.2. The zero-order valence-corrected chi connectivity index (χ0v) is 18.5. The van der Waals surface area contributed by atoms with Crippen LogP contribution in [0.25, 0.3) is 22.0 Å². The number of hydrogen-bond donors (Lipinski definition) is 1. The summed E-state index contributed by atoms with van der Waals surface area (Å²) in [7, 11) is 3.88. The second-order valence-corrected chi connectivity index (χ2v) is 8.99. The van der Waals surface area contributed by atoms with E-state index in [1.807, 2.05) is 37.6 Å². The number of benzene rings is 2. The minimum Gasteiger partial charge on any atom is -0.347 e. The molecule has 4 aromatic rings. The molecule has 0 saturated heterocycles. The average molecular weight is 423 g/mol. The van der Waals surface area contributed by atoms with Gasteiger partial charge in [0.2, 0.25) is 11.9 Å².